The molecule has 0 saturated heterocycles. The van der Waals surface area contributed by atoms with Gasteiger partial charge in [-0.15, -0.1) is 0 Å². The predicted octanol–water partition coefficient (Wildman–Crippen LogP) is 12.5. The van der Waals surface area contributed by atoms with Crippen LogP contribution in [-0.2, 0) is 0 Å². The average Bonchev–Trinajstić information content (AvgIpc) is 3.91. The Morgan fingerprint density at radius 1 is 0.235 bits per heavy atom. The molecule has 0 bridgehead atoms. The number of hydrogen-bond donors (Lipinski definition) is 0. The van der Waals surface area contributed by atoms with Crippen LogP contribution < -0.4 is 0 Å². The van der Waals surface area contributed by atoms with Gasteiger partial charge in [-0.25, -0.2) is 0 Å². The van der Waals surface area contributed by atoms with Crippen molar-refractivity contribution >= 4 is 32.7 Å². The van der Waals surface area contributed by atoms with Gasteiger partial charge in [-0.1, -0.05) is 146 Å². The van der Waals surface area contributed by atoms with E-state index in [1.165, 1.54) is 49.4 Å². The lowest BCUT2D eigenvalue weighted by atomic mass is 10.1. The molecule has 0 aliphatic carbocycles. The molecule has 51 heavy (non-hydrogen) atoms. The quantitative estimate of drug-likeness (QED) is 0.170. The molecule has 3 nitrogen and oxygen atoms in total. The van der Waals surface area contributed by atoms with Crippen LogP contribution in [0.25, 0.3) is 83.5 Å². The van der Waals surface area contributed by atoms with Crippen LogP contribution in [0.1, 0.15) is 0 Å². The van der Waals surface area contributed by atoms with Crippen LogP contribution in [0.2, 0.25) is 0 Å². The van der Waals surface area contributed by atoms with E-state index in [9.17, 15) is 0 Å². The average molecular weight is 652 g/mol. The Hall–Kier alpha value is -6.84. The summed E-state index contributed by atoms with van der Waals surface area (Å²) in [6.45, 7) is 0. The summed E-state index contributed by atoms with van der Waals surface area (Å²) in [6.07, 6.45) is 0. The lowest BCUT2D eigenvalue weighted by Crippen LogP contribution is -2.05. The van der Waals surface area contributed by atoms with Crippen molar-refractivity contribution in [3.8, 4) is 50.8 Å². The number of aromatic nitrogens is 3. The summed E-state index contributed by atoms with van der Waals surface area (Å²) in [6, 6.07) is 72.3. The van der Waals surface area contributed by atoms with E-state index in [4.69, 9.17) is 0 Å². The topological polar surface area (TPSA) is 14.8 Å². The molecular formula is C48H33N3. The van der Waals surface area contributed by atoms with E-state index in [1.807, 2.05) is 0 Å². The molecule has 0 radical (unpaired) electrons. The van der Waals surface area contributed by atoms with Gasteiger partial charge in [-0.05, 0) is 71.3 Å². The summed E-state index contributed by atoms with van der Waals surface area (Å²) in [7, 11) is 0. The van der Waals surface area contributed by atoms with Gasteiger partial charge in [0.05, 0.1) is 50.7 Å². The van der Waals surface area contributed by atoms with Crippen LogP contribution in [-0.4, -0.2) is 13.7 Å². The van der Waals surface area contributed by atoms with E-state index in [2.05, 4.69) is 214 Å². The molecule has 0 spiro atoms. The van der Waals surface area contributed by atoms with E-state index < -0.39 is 0 Å². The molecule has 240 valence electrons. The molecule has 0 unspecified atom stereocenters. The number of fused-ring (bicyclic) bond motifs is 3. The van der Waals surface area contributed by atoms with Crippen molar-refractivity contribution in [1.82, 2.24) is 13.7 Å². The highest BCUT2D eigenvalue weighted by molar-refractivity contribution is 5.93. The van der Waals surface area contributed by atoms with Crippen LogP contribution >= 0.6 is 0 Å². The summed E-state index contributed by atoms with van der Waals surface area (Å²) in [4.78, 5) is 0. The summed E-state index contributed by atoms with van der Waals surface area (Å²) in [5.41, 5.74) is 13.8. The smallest absolute Gasteiger partial charge is 0.0541 e. The van der Waals surface area contributed by atoms with Crippen molar-refractivity contribution in [1.29, 1.82) is 0 Å². The first-order valence-corrected chi connectivity index (χ1v) is 17.4. The zero-order chi connectivity index (χ0) is 33.7. The summed E-state index contributed by atoms with van der Waals surface area (Å²) >= 11 is 0. The number of benzene rings is 7. The van der Waals surface area contributed by atoms with Crippen LogP contribution in [0.3, 0.4) is 0 Å². The number of hydrogen-bond acceptors (Lipinski definition) is 0. The molecule has 3 heterocycles. The van der Waals surface area contributed by atoms with Crippen molar-refractivity contribution in [2.75, 3.05) is 0 Å². The molecule has 0 aliphatic heterocycles. The second-order valence-corrected chi connectivity index (χ2v) is 13.1. The molecule has 0 saturated carbocycles. The van der Waals surface area contributed by atoms with Crippen molar-refractivity contribution in [2.45, 2.75) is 0 Å². The molecule has 3 heteroatoms. The highest BCUT2D eigenvalue weighted by Crippen LogP contribution is 2.39. The van der Waals surface area contributed by atoms with Gasteiger partial charge in [0, 0.05) is 16.2 Å². The monoisotopic (exact) mass is 651 g/mol. The molecule has 7 aromatic carbocycles. The molecule has 0 N–H and O–H groups in total. The normalized spacial score (nSPS) is 11.5. The van der Waals surface area contributed by atoms with Crippen LogP contribution in [0, 0.1) is 0 Å². The number of nitrogens with zero attached hydrogens (tertiary/aromatic N) is 3. The van der Waals surface area contributed by atoms with Gasteiger partial charge in [0.2, 0.25) is 0 Å². The lowest BCUT2D eigenvalue weighted by molar-refractivity contribution is 1.06. The largest absolute Gasteiger partial charge is 0.309 e. The fourth-order valence-electron chi connectivity index (χ4n) is 7.73. The Labute approximate surface area is 296 Å². The minimum absolute atomic E-state index is 1.09. The van der Waals surface area contributed by atoms with Gasteiger partial charge in [0.1, 0.15) is 0 Å². The summed E-state index contributed by atoms with van der Waals surface area (Å²) in [5, 5.41) is 3.61. The maximum atomic E-state index is 2.43. The molecular weight excluding hydrogens is 619 g/mol. The first-order chi connectivity index (χ1) is 25.3. The molecule has 10 rings (SSSR count). The van der Waals surface area contributed by atoms with Crippen LogP contribution in [0.15, 0.2) is 200 Å². The molecule has 0 aliphatic rings. The van der Waals surface area contributed by atoms with E-state index >= 15 is 0 Å². The van der Waals surface area contributed by atoms with E-state index in [0.717, 1.165) is 34.1 Å². The highest BCUT2D eigenvalue weighted by atomic mass is 15.0. The third kappa shape index (κ3) is 4.90. The van der Waals surface area contributed by atoms with Gasteiger partial charge < -0.3 is 13.7 Å². The van der Waals surface area contributed by atoms with E-state index in [0.29, 0.717) is 0 Å². The molecule has 10 aromatic rings. The fourth-order valence-corrected chi connectivity index (χ4v) is 7.73. The second kappa shape index (κ2) is 11.9. The maximum absolute atomic E-state index is 2.43. The summed E-state index contributed by atoms with van der Waals surface area (Å²) < 4.78 is 7.29. The van der Waals surface area contributed by atoms with Crippen LogP contribution in [0.4, 0.5) is 0 Å². The van der Waals surface area contributed by atoms with Crippen molar-refractivity contribution < 1.29 is 0 Å². The summed E-state index contributed by atoms with van der Waals surface area (Å²) in [5.74, 6) is 0. The van der Waals surface area contributed by atoms with Gasteiger partial charge in [-0.2, -0.15) is 0 Å². The minimum Gasteiger partial charge on any atom is -0.309 e. The van der Waals surface area contributed by atoms with Crippen molar-refractivity contribution in [3.63, 3.8) is 0 Å². The molecule has 0 atom stereocenters. The second-order valence-electron chi connectivity index (χ2n) is 13.1. The Morgan fingerprint density at radius 2 is 0.490 bits per heavy atom. The minimum atomic E-state index is 1.09. The van der Waals surface area contributed by atoms with E-state index in [-0.39, 0.29) is 0 Å². The lowest BCUT2D eigenvalue weighted by Gasteiger charge is -2.20. The Bertz CT molecular complexity index is 2510. The fraction of sp³-hybridized carbons (Fsp3) is 0. The van der Waals surface area contributed by atoms with Gasteiger partial charge in [0.15, 0.2) is 0 Å². The van der Waals surface area contributed by atoms with Gasteiger partial charge in [-0.3, -0.25) is 0 Å². The predicted molar refractivity (Wildman–Crippen MR) is 213 cm³/mol. The number of para-hydroxylation sites is 3. The van der Waals surface area contributed by atoms with Crippen LogP contribution in [0.5, 0.6) is 0 Å². The zero-order valence-electron chi connectivity index (χ0n) is 27.9. The van der Waals surface area contributed by atoms with Crippen molar-refractivity contribution in [2.24, 2.45) is 0 Å². The van der Waals surface area contributed by atoms with Gasteiger partial charge in [0.25, 0.3) is 0 Å². The molecule has 0 fully saturated rings. The first-order valence-electron chi connectivity index (χ1n) is 17.4. The Balaban J connectivity index is 1.34. The molecule has 3 aromatic heterocycles. The standard InChI is InChI=1S/C48H33N3/c1-4-16-34(17-5-1)46-28-37-22-10-13-25-43(37)49(46)40-31-41(50-44-26-14-11-23-38(44)29-47(50)35-18-6-2-7-19-35)33-42(32-40)51-45-27-15-12-24-39(45)30-48(51)36-20-8-3-9-21-36/h1-33H. The highest BCUT2D eigenvalue weighted by Gasteiger charge is 2.20. The van der Waals surface area contributed by atoms with E-state index in [1.54, 1.807) is 0 Å². The third-order valence-corrected chi connectivity index (χ3v) is 10.0. The molecule has 0 amide bonds. The Kier molecular flexibility index (Phi) is 6.81. The number of rotatable bonds is 6. The maximum Gasteiger partial charge on any atom is 0.0541 e. The SMILES string of the molecule is c1ccc(-c2cc3ccccc3n2-c2cc(-n3c(-c4ccccc4)cc4ccccc43)cc(-n3c(-c4ccccc4)cc4ccccc43)c2)cc1. The van der Waals surface area contributed by atoms with Gasteiger partial charge >= 0.3 is 0 Å². The first kappa shape index (κ1) is 29.1. The Morgan fingerprint density at radius 3 is 0.784 bits per heavy atom. The zero-order valence-corrected chi connectivity index (χ0v) is 27.9. The van der Waals surface area contributed by atoms with Crippen molar-refractivity contribution in [3.05, 3.63) is 200 Å². The third-order valence-electron chi connectivity index (χ3n) is 10.0.